The van der Waals surface area contributed by atoms with Gasteiger partial charge in [0.05, 0.1) is 12.5 Å². The van der Waals surface area contributed by atoms with Crippen LogP contribution in [0.1, 0.15) is 25.0 Å². The Balaban J connectivity index is 2.77. The standard InChI is InChI=1S/C14H22N2O2/c1-9-4-5-13(12(6-9)7-11(3)15)18-8-10(2)14(16)17/h4-6,10-11H,7-8,15H2,1-3H3,(H2,16,17). The van der Waals surface area contributed by atoms with E-state index in [-0.39, 0.29) is 17.9 Å². The number of benzene rings is 1. The van der Waals surface area contributed by atoms with E-state index < -0.39 is 0 Å². The lowest BCUT2D eigenvalue weighted by Gasteiger charge is -2.15. The zero-order valence-corrected chi connectivity index (χ0v) is 11.3. The van der Waals surface area contributed by atoms with E-state index in [4.69, 9.17) is 16.2 Å². The van der Waals surface area contributed by atoms with Gasteiger partial charge in [-0.2, -0.15) is 0 Å². The Morgan fingerprint density at radius 3 is 2.61 bits per heavy atom. The van der Waals surface area contributed by atoms with Gasteiger partial charge in [-0.25, -0.2) is 0 Å². The highest BCUT2D eigenvalue weighted by Crippen LogP contribution is 2.22. The van der Waals surface area contributed by atoms with Crippen LogP contribution in [0.3, 0.4) is 0 Å². The van der Waals surface area contributed by atoms with Crippen LogP contribution in [-0.4, -0.2) is 18.6 Å². The first-order valence-corrected chi connectivity index (χ1v) is 6.17. The molecule has 0 bridgehead atoms. The van der Waals surface area contributed by atoms with Crippen molar-refractivity contribution in [2.45, 2.75) is 33.2 Å². The number of nitrogens with two attached hydrogens (primary N) is 2. The molecule has 100 valence electrons. The van der Waals surface area contributed by atoms with Crippen molar-refractivity contribution >= 4 is 5.91 Å². The van der Waals surface area contributed by atoms with Crippen molar-refractivity contribution in [3.05, 3.63) is 29.3 Å². The predicted molar refractivity (Wildman–Crippen MR) is 72.4 cm³/mol. The number of carbonyl (C=O) groups excluding carboxylic acids is 1. The summed E-state index contributed by atoms with van der Waals surface area (Å²) >= 11 is 0. The fraction of sp³-hybridized carbons (Fsp3) is 0.500. The molecule has 1 aromatic carbocycles. The van der Waals surface area contributed by atoms with Crippen LogP contribution < -0.4 is 16.2 Å². The Morgan fingerprint density at radius 2 is 2.06 bits per heavy atom. The van der Waals surface area contributed by atoms with Gasteiger partial charge < -0.3 is 16.2 Å². The number of hydrogen-bond donors (Lipinski definition) is 2. The number of rotatable bonds is 6. The third kappa shape index (κ3) is 4.37. The molecule has 18 heavy (non-hydrogen) atoms. The zero-order valence-electron chi connectivity index (χ0n) is 11.3. The van der Waals surface area contributed by atoms with Crippen molar-refractivity contribution in [3.63, 3.8) is 0 Å². The minimum atomic E-state index is -0.351. The number of amides is 1. The number of aryl methyl sites for hydroxylation is 1. The van der Waals surface area contributed by atoms with Gasteiger partial charge in [-0.15, -0.1) is 0 Å². The van der Waals surface area contributed by atoms with E-state index in [0.717, 1.165) is 17.7 Å². The summed E-state index contributed by atoms with van der Waals surface area (Å²) in [6.45, 7) is 6.03. The van der Waals surface area contributed by atoms with E-state index in [1.807, 2.05) is 26.0 Å². The second-order valence-corrected chi connectivity index (χ2v) is 4.91. The van der Waals surface area contributed by atoms with Crippen LogP contribution in [0.25, 0.3) is 0 Å². The molecule has 0 aromatic heterocycles. The van der Waals surface area contributed by atoms with E-state index in [2.05, 4.69) is 6.07 Å². The third-order valence-corrected chi connectivity index (χ3v) is 2.73. The molecule has 1 amide bonds. The number of primary amides is 1. The average molecular weight is 250 g/mol. The summed E-state index contributed by atoms with van der Waals surface area (Å²) < 4.78 is 5.66. The Morgan fingerprint density at radius 1 is 1.39 bits per heavy atom. The van der Waals surface area contributed by atoms with Crippen molar-refractivity contribution in [2.75, 3.05) is 6.61 Å². The van der Waals surface area contributed by atoms with Crippen LogP contribution in [-0.2, 0) is 11.2 Å². The van der Waals surface area contributed by atoms with Gasteiger partial charge in [0, 0.05) is 6.04 Å². The molecule has 0 fully saturated rings. The monoisotopic (exact) mass is 250 g/mol. The highest BCUT2D eigenvalue weighted by Gasteiger charge is 2.12. The van der Waals surface area contributed by atoms with Gasteiger partial charge in [-0.05, 0) is 31.9 Å². The van der Waals surface area contributed by atoms with Gasteiger partial charge in [-0.1, -0.05) is 24.6 Å². The highest BCUT2D eigenvalue weighted by atomic mass is 16.5. The quantitative estimate of drug-likeness (QED) is 0.800. The molecule has 1 aromatic rings. The fourth-order valence-electron chi connectivity index (χ4n) is 1.65. The molecule has 0 saturated carbocycles. The molecule has 4 heteroatoms. The Bertz CT molecular complexity index is 416. The van der Waals surface area contributed by atoms with Crippen LogP contribution in [0.2, 0.25) is 0 Å². The molecule has 4 N–H and O–H groups in total. The van der Waals surface area contributed by atoms with E-state index >= 15 is 0 Å². The summed E-state index contributed by atoms with van der Waals surface area (Å²) in [5.41, 5.74) is 13.3. The molecular weight excluding hydrogens is 228 g/mol. The minimum Gasteiger partial charge on any atom is -0.492 e. The van der Waals surface area contributed by atoms with Crippen LogP contribution >= 0.6 is 0 Å². The van der Waals surface area contributed by atoms with Gasteiger partial charge in [0.2, 0.25) is 5.91 Å². The lowest BCUT2D eigenvalue weighted by atomic mass is 10.0. The van der Waals surface area contributed by atoms with Gasteiger partial charge in [0.25, 0.3) is 0 Å². The predicted octanol–water partition coefficient (Wildman–Crippen LogP) is 1.38. The zero-order chi connectivity index (χ0) is 13.7. The average Bonchev–Trinajstić information content (AvgIpc) is 2.26. The van der Waals surface area contributed by atoms with Gasteiger partial charge in [-0.3, -0.25) is 4.79 Å². The van der Waals surface area contributed by atoms with Gasteiger partial charge >= 0.3 is 0 Å². The summed E-state index contributed by atoms with van der Waals surface area (Å²) in [7, 11) is 0. The Kier molecular flexibility index (Phi) is 5.16. The maximum absolute atomic E-state index is 11.0. The molecule has 0 saturated heterocycles. The molecule has 0 aliphatic rings. The molecule has 0 aliphatic carbocycles. The van der Waals surface area contributed by atoms with Crippen molar-refractivity contribution in [3.8, 4) is 5.75 Å². The van der Waals surface area contributed by atoms with Gasteiger partial charge in [0.15, 0.2) is 0 Å². The molecule has 0 aliphatic heterocycles. The summed E-state index contributed by atoms with van der Waals surface area (Å²) in [5, 5.41) is 0. The third-order valence-electron chi connectivity index (χ3n) is 2.73. The Labute approximate surface area is 108 Å². The highest BCUT2D eigenvalue weighted by molar-refractivity contribution is 5.76. The molecule has 0 radical (unpaired) electrons. The molecule has 2 atom stereocenters. The fourth-order valence-corrected chi connectivity index (χ4v) is 1.65. The summed E-state index contributed by atoms with van der Waals surface area (Å²) in [5.74, 6) is 0.135. The summed E-state index contributed by atoms with van der Waals surface area (Å²) in [4.78, 5) is 11.0. The van der Waals surface area contributed by atoms with Crippen molar-refractivity contribution < 1.29 is 9.53 Å². The molecule has 1 rings (SSSR count). The van der Waals surface area contributed by atoms with E-state index in [0.29, 0.717) is 6.61 Å². The molecular formula is C14H22N2O2. The Hall–Kier alpha value is -1.55. The maximum atomic E-state index is 11.0. The van der Waals surface area contributed by atoms with Crippen molar-refractivity contribution in [1.29, 1.82) is 0 Å². The first-order chi connectivity index (χ1) is 8.40. The summed E-state index contributed by atoms with van der Waals surface area (Å²) in [6.07, 6.45) is 0.752. The van der Waals surface area contributed by atoms with Crippen molar-refractivity contribution in [1.82, 2.24) is 0 Å². The normalized spacial score (nSPS) is 14.0. The second-order valence-electron chi connectivity index (χ2n) is 4.91. The largest absolute Gasteiger partial charge is 0.492 e. The van der Waals surface area contributed by atoms with Crippen molar-refractivity contribution in [2.24, 2.45) is 17.4 Å². The first kappa shape index (κ1) is 14.5. The maximum Gasteiger partial charge on any atom is 0.223 e. The van der Waals surface area contributed by atoms with Crippen LogP contribution in [0.5, 0.6) is 5.75 Å². The first-order valence-electron chi connectivity index (χ1n) is 6.17. The molecule has 0 spiro atoms. The topological polar surface area (TPSA) is 78.3 Å². The lowest BCUT2D eigenvalue weighted by molar-refractivity contribution is -0.122. The lowest BCUT2D eigenvalue weighted by Crippen LogP contribution is -2.26. The smallest absolute Gasteiger partial charge is 0.223 e. The van der Waals surface area contributed by atoms with Gasteiger partial charge in [0.1, 0.15) is 5.75 Å². The van der Waals surface area contributed by atoms with E-state index in [9.17, 15) is 4.79 Å². The van der Waals surface area contributed by atoms with E-state index in [1.165, 1.54) is 5.56 Å². The summed E-state index contributed by atoms with van der Waals surface area (Å²) in [6, 6.07) is 6.03. The molecule has 2 unspecified atom stereocenters. The SMILES string of the molecule is Cc1ccc(OCC(C)C(N)=O)c(CC(C)N)c1. The second kappa shape index (κ2) is 6.40. The number of ether oxygens (including phenoxy) is 1. The minimum absolute atomic E-state index is 0.0720. The molecule has 0 heterocycles. The number of carbonyl (C=O) groups is 1. The van der Waals surface area contributed by atoms with Crippen LogP contribution in [0.4, 0.5) is 0 Å². The van der Waals surface area contributed by atoms with E-state index in [1.54, 1.807) is 6.92 Å². The number of hydrogen-bond acceptors (Lipinski definition) is 3. The van der Waals surface area contributed by atoms with Crippen LogP contribution in [0, 0.1) is 12.8 Å². The molecule has 4 nitrogen and oxygen atoms in total. The van der Waals surface area contributed by atoms with Crippen LogP contribution in [0.15, 0.2) is 18.2 Å².